The molecule has 0 aromatic rings. The number of likely N-dealkylation sites (tertiary alicyclic amines) is 1. The maximum Gasteiger partial charge on any atom is 0.151 e. The average Bonchev–Trinajstić information content (AvgIpc) is 2.35. The summed E-state index contributed by atoms with van der Waals surface area (Å²) >= 11 is 5.56. The lowest BCUT2D eigenvalue weighted by Gasteiger charge is -2.31. The minimum atomic E-state index is -2.84. The van der Waals surface area contributed by atoms with E-state index in [-0.39, 0.29) is 11.5 Å². The predicted octanol–water partition coefficient (Wildman–Crippen LogP) is 1.14. The van der Waals surface area contributed by atoms with Crippen LogP contribution in [0.1, 0.15) is 19.8 Å². The van der Waals surface area contributed by atoms with Gasteiger partial charge in [0.1, 0.15) is 0 Å². The van der Waals surface area contributed by atoms with Crippen LogP contribution in [0, 0.1) is 0 Å². The molecular weight excluding hydrogens is 262 g/mol. The van der Waals surface area contributed by atoms with Gasteiger partial charge in [-0.3, -0.25) is 0 Å². The van der Waals surface area contributed by atoms with E-state index in [1.54, 1.807) is 6.92 Å². The van der Waals surface area contributed by atoms with Gasteiger partial charge < -0.3 is 9.64 Å². The van der Waals surface area contributed by atoms with E-state index in [1.807, 2.05) is 0 Å². The lowest BCUT2D eigenvalue weighted by molar-refractivity contribution is 0.0166. The van der Waals surface area contributed by atoms with Crippen LogP contribution in [-0.2, 0) is 14.6 Å². The Kier molecular flexibility index (Phi) is 6.77. The zero-order valence-electron chi connectivity index (χ0n) is 10.4. The summed E-state index contributed by atoms with van der Waals surface area (Å²) in [7, 11) is -2.84. The van der Waals surface area contributed by atoms with Crippen molar-refractivity contribution in [2.75, 3.05) is 43.6 Å². The van der Waals surface area contributed by atoms with Gasteiger partial charge in [-0.05, 0) is 12.8 Å². The molecule has 0 spiro atoms. The van der Waals surface area contributed by atoms with Crippen molar-refractivity contribution in [3.8, 4) is 0 Å². The van der Waals surface area contributed by atoms with Crippen LogP contribution in [0.2, 0.25) is 0 Å². The second-order valence-electron chi connectivity index (χ2n) is 4.34. The van der Waals surface area contributed by atoms with Gasteiger partial charge >= 0.3 is 0 Å². The van der Waals surface area contributed by atoms with Crippen LogP contribution in [0.25, 0.3) is 0 Å². The fourth-order valence-electron chi connectivity index (χ4n) is 1.92. The van der Waals surface area contributed by atoms with Crippen LogP contribution in [-0.4, -0.2) is 63.0 Å². The molecule has 1 aliphatic heterocycles. The molecule has 1 aliphatic rings. The summed E-state index contributed by atoms with van der Waals surface area (Å²) in [6, 6.07) is 0. The number of ether oxygens (including phenoxy) is 1. The van der Waals surface area contributed by atoms with E-state index in [1.165, 1.54) is 0 Å². The first-order chi connectivity index (χ1) is 8.07. The highest BCUT2D eigenvalue weighted by Gasteiger charge is 2.20. The van der Waals surface area contributed by atoms with Crippen LogP contribution >= 0.6 is 11.6 Å². The SMILES string of the molecule is CCS(=O)(=O)CCN1CCC(OCCCl)CC1. The van der Waals surface area contributed by atoms with Crippen LogP contribution in [0.3, 0.4) is 0 Å². The van der Waals surface area contributed by atoms with Gasteiger partial charge in [-0.2, -0.15) is 0 Å². The molecule has 6 heteroatoms. The third kappa shape index (κ3) is 6.04. The Morgan fingerprint density at radius 1 is 1.35 bits per heavy atom. The molecule has 0 amide bonds. The fraction of sp³-hybridized carbons (Fsp3) is 1.00. The monoisotopic (exact) mass is 283 g/mol. The molecule has 102 valence electrons. The van der Waals surface area contributed by atoms with E-state index in [9.17, 15) is 8.42 Å². The van der Waals surface area contributed by atoms with E-state index >= 15 is 0 Å². The van der Waals surface area contributed by atoms with Crippen molar-refractivity contribution in [2.45, 2.75) is 25.9 Å². The average molecular weight is 284 g/mol. The van der Waals surface area contributed by atoms with Gasteiger partial charge in [0.25, 0.3) is 0 Å². The number of nitrogens with zero attached hydrogens (tertiary/aromatic N) is 1. The Morgan fingerprint density at radius 2 is 2.00 bits per heavy atom. The molecule has 4 nitrogen and oxygen atoms in total. The smallest absolute Gasteiger partial charge is 0.151 e. The Hall–Kier alpha value is 0.160. The van der Waals surface area contributed by atoms with E-state index < -0.39 is 9.84 Å². The van der Waals surface area contributed by atoms with Crippen molar-refractivity contribution in [3.63, 3.8) is 0 Å². The number of rotatable bonds is 7. The topological polar surface area (TPSA) is 46.6 Å². The van der Waals surface area contributed by atoms with Gasteiger partial charge in [0.2, 0.25) is 0 Å². The van der Waals surface area contributed by atoms with Gasteiger partial charge in [-0.15, -0.1) is 11.6 Å². The van der Waals surface area contributed by atoms with Crippen molar-refractivity contribution in [3.05, 3.63) is 0 Å². The number of sulfone groups is 1. The van der Waals surface area contributed by atoms with Crippen LogP contribution in [0.5, 0.6) is 0 Å². The van der Waals surface area contributed by atoms with E-state index in [4.69, 9.17) is 16.3 Å². The third-order valence-corrected chi connectivity index (χ3v) is 4.96. The number of hydrogen-bond acceptors (Lipinski definition) is 4. The molecule has 0 aromatic heterocycles. The highest BCUT2D eigenvalue weighted by molar-refractivity contribution is 7.91. The normalized spacial score (nSPS) is 19.6. The Bertz CT molecular complexity index is 300. The first-order valence-corrected chi connectivity index (χ1v) is 8.53. The third-order valence-electron chi connectivity index (χ3n) is 3.12. The maximum absolute atomic E-state index is 11.4. The van der Waals surface area contributed by atoms with Crippen LogP contribution in [0.15, 0.2) is 0 Å². The summed E-state index contributed by atoms with van der Waals surface area (Å²) in [4.78, 5) is 2.20. The van der Waals surface area contributed by atoms with Gasteiger partial charge in [-0.1, -0.05) is 6.92 Å². The van der Waals surface area contributed by atoms with Crippen molar-refractivity contribution in [1.29, 1.82) is 0 Å². The fourth-order valence-corrected chi connectivity index (χ4v) is 2.84. The molecule has 0 N–H and O–H groups in total. The summed E-state index contributed by atoms with van der Waals surface area (Å²) in [6.45, 7) is 4.80. The number of hydrogen-bond donors (Lipinski definition) is 0. The lowest BCUT2D eigenvalue weighted by Crippen LogP contribution is -2.39. The summed E-state index contributed by atoms with van der Waals surface area (Å²) in [5, 5.41) is 0. The van der Waals surface area contributed by atoms with Crippen LogP contribution in [0.4, 0.5) is 0 Å². The van der Waals surface area contributed by atoms with E-state index in [0.29, 0.717) is 25.1 Å². The predicted molar refractivity (Wildman–Crippen MR) is 70.5 cm³/mol. The zero-order valence-corrected chi connectivity index (χ0v) is 12.0. The molecule has 17 heavy (non-hydrogen) atoms. The summed E-state index contributed by atoms with van der Waals surface area (Å²) in [5.41, 5.74) is 0. The molecule has 0 atom stereocenters. The molecule has 1 fully saturated rings. The van der Waals surface area contributed by atoms with Crippen LogP contribution < -0.4 is 0 Å². The highest BCUT2D eigenvalue weighted by Crippen LogP contribution is 2.13. The molecule has 0 aromatic carbocycles. The molecule has 0 aliphatic carbocycles. The minimum Gasteiger partial charge on any atom is -0.377 e. The highest BCUT2D eigenvalue weighted by atomic mass is 35.5. The molecule has 1 heterocycles. The standard InChI is InChI=1S/C11H22ClNO3S/c1-2-17(14,15)10-8-13-6-3-11(4-7-13)16-9-5-12/h11H,2-10H2,1H3. The lowest BCUT2D eigenvalue weighted by atomic mass is 10.1. The van der Waals surface area contributed by atoms with E-state index in [2.05, 4.69) is 4.90 Å². The molecule has 1 rings (SSSR count). The minimum absolute atomic E-state index is 0.238. The number of piperidine rings is 1. The van der Waals surface area contributed by atoms with Gasteiger partial charge in [-0.25, -0.2) is 8.42 Å². The first kappa shape index (κ1) is 15.2. The summed E-state index contributed by atoms with van der Waals surface area (Å²) in [5.74, 6) is 1.05. The second kappa shape index (κ2) is 7.56. The van der Waals surface area contributed by atoms with E-state index in [0.717, 1.165) is 25.9 Å². The Morgan fingerprint density at radius 3 is 2.53 bits per heavy atom. The molecule has 0 unspecified atom stereocenters. The number of alkyl halides is 1. The van der Waals surface area contributed by atoms with Gasteiger partial charge in [0.05, 0.1) is 18.5 Å². The summed E-state index contributed by atoms with van der Waals surface area (Å²) < 4.78 is 28.3. The maximum atomic E-state index is 11.4. The second-order valence-corrected chi connectivity index (χ2v) is 7.19. The molecule has 0 saturated carbocycles. The largest absolute Gasteiger partial charge is 0.377 e. The molecule has 0 bridgehead atoms. The molecule has 0 radical (unpaired) electrons. The Labute approximate surface area is 109 Å². The van der Waals surface area contributed by atoms with Crippen molar-refractivity contribution < 1.29 is 13.2 Å². The molecular formula is C11H22ClNO3S. The van der Waals surface area contributed by atoms with Crippen molar-refractivity contribution in [1.82, 2.24) is 4.90 Å². The van der Waals surface area contributed by atoms with Gasteiger partial charge in [0, 0.05) is 31.3 Å². The Balaban J connectivity index is 2.19. The first-order valence-electron chi connectivity index (χ1n) is 6.17. The van der Waals surface area contributed by atoms with Crippen molar-refractivity contribution >= 4 is 21.4 Å². The summed E-state index contributed by atoms with van der Waals surface area (Å²) in [6.07, 6.45) is 2.25. The molecule has 1 saturated heterocycles. The zero-order chi connectivity index (χ0) is 12.7. The quantitative estimate of drug-likeness (QED) is 0.658. The number of halogens is 1. The van der Waals surface area contributed by atoms with Crippen molar-refractivity contribution in [2.24, 2.45) is 0 Å². The van der Waals surface area contributed by atoms with Gasteiger partial charge in [0.15, 0.2) is 9.84 Å².